The number of aryl methyl sites for hydroxylation is 1. The Balaban J connectivity index is 2.82. The summed E-state index contributed by atoms with van der Waals surface area (Å²) in [6.07, 6.45) is -1.23. The third kappa shape index (κ3) is 2.29. The molecule has 0 unspecified atom stereocenters. The zero-order valence-electron chi connectivity index (χ0n) is 6.79. The highest BCUT2D eigenvalue weighted by atomic mass is 19.1. The summed E-state index contributed by atoms with van der Waals surface area (Å²) in [6.45, 7) is 1.64. The molecule has 12 heavy (non-hydrogen) atoms. The quantitative estimate of drug-likeness (QED) is 0.650. The van der Waals surface area contributed by atoms with E-state index in [0.29, 0.717) is 5.56 Å². The fraction of sp³-hybridized carbons (Fsp3) is 0.333. The van der Waals surface area contributed by atoms with Gasteiger partial charge >= 0.3 is 0 Å². The molecule has 0 aliphatic rings. The lowest BCUT2D eigenvalue weighted by Crippen LogP contribution is -2.08. The average molecular weight is 170 g/mol. The Bertz CT molecular complexity index is 271. The summed E-state index contributed by atoms with van der Waals surface area (Å²) in [4.78, 5) is 0. The Morgan fingerprint density at radius 2 is 2.08 bits per heavy atom. The Kier molecular flexibility index (Phi) is 2.78. The van der Waals surface area contributed by atoms with Crippen molar-refractivity contribution < 1.29 is 14.6 Å². The van der Waals surface area contributed by atoms with Crippen molar-refractivity contribution in [3.63, 3.8) is 0 Å². The van der Waals surface area contributed by atoms with Gasteiger partial charge in [-0.3, -0.25) is 0 Å². The van der Waals surface area contributed by atoms with Gasteiger partial charge in [0.05, 0.1) is 0 Å². The summed E-state index contributed by atoms with van der Waals surface area (Å²) in [5.41, 5.74) is 1.25. The van der Waals surface area contributed by atoms with Gasteiger partial charge in [0.1, 0.15) is 5.82 Å². The first kappa shape index (κ1) is 9.16. The number of halogens is 1. The van der Waals surface area contributed by atoms with E-state index in [1.165, 1.54) is 6.07 Å². The van der Waals surface area contributed by atoms with Gasteiger partial charge < -0.3 is 10.2 Å². The van der Waals surface area contributed by atoms with Gasteiger partial charge in [-0.05, 0) is 24.1 Å². The second-order valence-electron chi connectivity index (χ2n) is 2.77. The molecule has 0 amide bonds. The first-order chi connectivity index (χ1) is 5.59. The van der Waals surface area contributed by atoms with Gasteiger partial charge in [0.2, 0.25) is 0 Å². The number of rotatable bonds is 2. The third-order valence-corrected chi connectivity index (χ3v) is 1.64. The van der Waals surface area contributed by atoms with Gasteiger partial charge in [-0.1, -0.05) is 12.1 Å². The van der Waals surface area contributed by atoms with E-state index >= 15 is 0 Å². The molecule has 0 bridgehead atoms. The maximum atomic E-state index is 12.7. The van der Waals surface area contributed by atoms with Crippen molar-refractivity contribution in [2.45, 2.75) is 19.6 Å². The minimum atomic E-state index is -1.37. The summed E-state index contributed by atoms with van der Waals surface area (Å²) < 4.78 is 12.7. The molecule has 0 spiro atoms. The Morgan fingerprint density at radius 1 is 1.42 bits per heavy atom. The molecule has 1 aromatic carbocycles. The summed E-state index contributed by atoms with van der Waals surface area (Å²) in [6, 6.07) is 4.48. The lowest BCUT2D eigenvalue weighted by molar-refractivity contribution is -0.0381. The predicted octanol–water partition coefficient (Wildman–Crippen LogP) is 0.987. The van der Waals surface area contributed by atoms with Crippen LogP contribution in [0.15, 0.2) is 18.2 Å². The maximum absolute atomic E-state index is 12.7. The molecule has 0 aromatic heterocycles. The average Bonchev–Trinajstić information content (AvgIpc) is 1.96. The molecular formula is C9H11FO2. The van der Waals surface area contributed by atoms with Crippen LogP contribution < -0.4 is 0 Å². The van der Waals surface area contributed by atoms with Crippen LogP contribution in [-0.2, 0) is 6.42 Å². The van der Waals surface area contributed by atoms with E-state index in [-0.39, 0.29) is 12.2 Å². The van der Waals surface area contributed by atoms with Crippen molar-refractivity contribution in [2.24, 2.45) is 0 Å². The van der Waals surface area contributed by atoms with Crippen LogP contribution in [0.2, 0.25) is 0 Å². The van der Waals surface area contributed by atoms with Crippen LogP contribution in [0.4, 0.5) is 4.39 Å². The second kappa shape index (κ2) is 3.65. The number of aliphatic hydroxyl groups excluding tert-OH is 1. The molecule has 0 atom stereocenters. The molecule has 2 N–H and O–H groups in total. The topological polar surface area (TPSA) is 40.5 Å². The molecule has 66 valence electrons. The molecule has 0 aliphatic heterocycles. The predicted molar refractivity (Wildman–Crippen MR) is 43.1 cm³/mol. The summed E-state index contributed by atoms with van der Waals surface area (Å²) in [7, 11) is 0. The van der Waals surface area contributed by atoms with Gasteiger partial charge in [0.15, 0.2) is 6.29 Å². The fourth-order valence-corrected chi connectivity index (χ4v) is 1.04. The van der Waals surface area contributed by atoms with Crippen molar-refractivity contribution in [2.75, 3.05) is 0 Å². The van der Waals surface area contributed by atoms with Crippen molar-refractivity contribution in [1.82, 2.24) is 0 Å². The van der Waals surface area contributed by atoms with E-state index in [4.69, 9.17) is 10.2 Å². The van der Waals surface area contributed by atoms with E-state index in [1.807, 2.05) is 0 Å². The van der Waals surface area contributed by atoms with E-state index in [1.54, 1.807) is 19.1 Å². The normalized spacial score (nSPS) is 10.8. The van der Waals surface area contributed by atoms with Gasteiger partial charge in [0, 0.05) is 6.42 Å². The zero-order valence-corrected chi connectivity index (χ0v) is 6.79. The number of hydrogen-bond acceptors (Lipinski definition) is 2. The highest BCUT2D eigenvalue weighted by molar-refractivity contribution is 5.24. The molecule has 1 rings (SSSR count). The van der Waals surface area contributed by atoms with Crippen LogP contribution in [0.5, 0.6) is 0 Å². The molecular weight excluding hydrogens is 159 g/mol. The highest BCUT2D eigenvalue weighted by Crippen LogP contribution is 2.10. The molecule has 0 aliphatic carbocycles. The highest BCUT2D eigenvalue weighted by Gasteiger charge is 2.02. The summed E-state index contributed by atoms with van der Waals surface area (Å²) >= 11 is 0. The Hall–Kier alpha value is -0.930. The third-order valence-electron chi connectivity index (χ3n) is 1.64. The Morgan fingerprint density at radius 3 is 2.58 bits per heavy atom. The monoisotopic (exact) mass is 170 g/mol. The van der Waals surface area contributed by atoms with E-state index < -0.39 is 6.29 Å². The van der Waals surface area contributed by atoms with Crippen LogP contribution in [0, 0.1) is 12.7 Å². The smallest absolute Gasteiger partial charge is 0.155 e. The van der Waals surface area contributed by atoms with Crippen LogP contribution >= 0.6 is 0 Å². The van der Waals surface area contributed by atoms with E-state index in [0.717, 1.165) is 5.56 Å². The minimum absolute atomic E-state index is 0.140. The lowest BCUT2D eigenvalue weighted by Gasteiger charge is -2.04. The molecule has 0 fully saturated rings. The van der Waals surface area contributed by atoms with Crippen LogP contribution in [0.25, 0.3) is 0 Å². The molecule has 1 aromatic rings. The van der Waals surface area contributed by atoms with Crippen LogP contribution in [-0.4, -0.2) is 16.5 Å². The number of hydrogen-bond donors (Lipinski definition) is 2. The van der Waals surface area contributed by atoms with Crippen molar-refractivity contribution in [3.05, 3.63) is 35.1 Å². The zero-order chi connectivity index (χ0) is 9.14. The Labute approximate surface area is 70.3 Å². The van der Waals surface area contributed by atoms with E-state index in [2.05, 4.69) is 0 Å². The SMILES string of the molecule is Cc1cc(CC(O)O)ccc1F. The second-order valence-corrected chi connectivity index (χ2v) is 2.77. The van der Waals surface area contributed by atoms with Crippen molar-refractivity contribution >= 4 is 0 Å². The largest absolute Gasteiger partial charge is 0.368 e. The molecule has 2 nitrogen and oxygen atoms in total. The molecule has 0 saturated carbocycles. The minimum Gasteiger partial charge on any atom is -0.368 e. The molecule has 3 heteroatoms. The molecule has 0 radical (unpaired) electrons. The van der Waals surface area contributed by atoms with Gasteiger partial charge in [0.25, 0.3) is 0 Å². The maximum Gasteiger partial charge on any atom is 0.155 e. The van der Waals surface area contributed by atoms with Gasteiger partial charge in [-0.2, -0.15) is 0 Å². The summed E-state index contributed by atoms with van der Waals surface area (Å²) in [5.74, 6) is -0.272. The van der Waals surface area contributed by atoms with Crippen LogP contribution in [0.3, 0.4) is 0 Å². The first-order valence-electron chi connectivity index (χ1n) is 3.71. The van der Waals surface area contributed by atoms with E-state index in [9.17, 15) is 4.39 Å². The fourth-order valence-electron chi connectivity index (χ4n) is 1.04. The van der Waals surface area contributed by atoms with Crippen molar-refractivity contribution in [3.8, 4) is 0 Å². The van der Waals surface area contributed by atoms with Gasteiger partial charge in [-0.15, -0.1) is 0 Å². The van der Waals surface area contributed by atoms with Crippen molar-refractivity contribution in [1.29, 1.82) is 0 Å². The van der Waals surface area contributed by atoms with Crippen LogP contribution in [0.1, 0.15) is 11.1 Å². The molecule has 0 saturated heterocycles. The summed E-state index contributed by atoms with van der Waals surface area (Å²) in [5, 5.41) is 17.3. The molecule has 0 heterocycles. The first-order valence-corrected chi connectivity index (χ1v) is 3.71. The van der Waals surface area contributed by atoms with Gasteiger partial charge in [-0.25, -0.2) is 4.39 Å². The lowest BCUT2D eigenvalue weighted by atomic mass is 10.1. The number of aliphatic hydroxyl groups is 2. The standard InChI is InChI=1S/C9H11FO2/c1-6-4-7(5-9(11)12)2-3-8(6)10/h2-4,9,11-12H,5H2,1H3. The number of benzene rings is 1.